The highest BCUT2D eigenvalue weighted by molar-refractivity contribution is 7.25. The highest BCUT2D eigenvalue weighted by atomic mass is 32.1. The lowest BCUT2D eigenvalue weighted by Gasteiger charge is -2.22. The molecule has 2 aliphatic carbocycles. The predicted molar refractivity (Wildman–Crippen MR) is 97.2 cm³/mol. The minimum atomic E-state index is -0.888. The van der Waals surface area contributed by atoms with Gasteiger partial charge in [0.2, 0.25) is 0 Å². The zero-order valence-corrected chi connectivity index (χ0v) is 14.4. The van der Waals surface area contributed by atoms with Gasteiger partial charge in [-0.15, -0.1) is 11.3 Å². The number of hydrogen-bond donors (Lipinski definition) is 0. The molecule has 0 bridgehead atoms. The monoisotopic (exact) mass is 358 g/mol. The maximum Gasteiger partial charge on any atom is 0.176 e. The first-order valence-electron chi connectivity index (χ1n) is 8.81. The van der Waals surface area contributed by atoms with E-state index in [2.05, 4.69) is 6.08 Å². The lowest BCUT2D eigenvalue weighted by molar-refractivity contribution is 0.428. The summed E-state index contributed by atoms with van der Waals surface area (Å²) in [6, 6.07) is 6.29. The molecule has 0 spiro atoms. The second kappa shape index (κ2) is 5.60. The van der Waals surface area contributed by atoms with E-state index >= 15 is 4.39 Å². The van der Waals surface area contributed by atoms with Crippen LogP contribution in [0.25, 0.3) is 25.7 Å². The molecule has 0 amide bonds. The fraction of sp³-hybridized carbons (Fsp3) is 0.333. The zero-order chi connectivity index (χ0) is 17.1. The summed E-state index contributed by atoms with van der Waals surface area (Å²) >= 11 is 1.01. The molecule has 0 nitrogen and oxygen atoms in total. The van der Waals surface area contributed by atoms with Crippen LogP contribution in [0.5, 0.6) is 0 Å². The highest BCUT2D eigenvalue weighted by Crippen LogP contribution is 2.46. The number of hydrogen-bond acceptors (Lipinski definition) is 1. The fourth-order valence-corrected chi connectivity index (χ4v) is 5.32. The molecule has 1 aromatic heterocycles. The second-order valence-corrected chi connectivity index (χ2v) is 8.27. The van der Waals surface area contributed by atoms with Gasteiger partial charge in [0.15, 0.2) is 11.6 Å². The number of fused-ring (bicyclic) bond motifs is 3. The van der Waals surface area contributed by atoms with Gasteiger partial charge in [0, 0.05) is 16.3 Å². The molecular formula is C21H17F3S. The van der Waals surface area contributed by atoms with Crippen LogP contribution in [0.2, 0.25) is 0 Å². The third-order valence-electron chi connectivity index (χ3n) is 5.73. The van der Waals surface area contributed by atoms with Crippen molar-refractivity contribution in [1.82, 2.24) is 0 Å². The predicted octanol–water partition coefficient (Wildman–Crippen LogP) is 7.07. The van der Waals surface area contributed by atoms with Crippen LogP contribution >= 0.6 is 11.3 Å². The van der Waals surface area contributed by atoms with E-state index in [-0.39, 0.29) is 10.5 Å². The summed E-state index contributed by atoms with van der Waals surface area (Å²) in [6.45, 7) is 0. The number of benzene rings is 2. The molecule has 0 aliphatic heterocycles. The van der Waals surface area contributed by atoms with E-state index in [1.165, 1.54) is 18.9 Å². The van der Waals surface area contributed by atoms with E-state index in [1.807, 2.05) is 6.07 Å². The third kappa shape index (κ3) is 2.42. The minimum absolute atomic E-state index is 0.192. The Hall–Kier alpha value is -1.81. The Labute approximate surface area is 148 Å². The van der Waals surface area contributed by atoms with Crippen molar-refractivity contribution in [3.8, 4) is 0 Å². The van der Waals surface area contributed by atoms with E-state index in [4.69, 9.17) is 0 Å². The molecule has 3 aromatic rings. The van der Waals surface area contributed by atoms with E-state index in [0.29, 0.717) is 21.0 Å². The van der Waals surface area contributed by atoms with Gasteiger partial charge in [0.1, 0.15) is 5.82 Å². The average molecular weight is 358 g/mol. The van der Waals surface area contributed by atoms with Crippen molar-refractivity contribution in [3.05, 3.63) is 53.4 Å². The molecule has 2 aliphatic rings. The third-order valence-corrected chi connectivity index (χ3v) is 6.93. The number of thiophene rings is 1. The molecule has 1 fully saturated rings. The van der Waals surface area contributed by atoms with Gasteiger partial charge < -0.3 is 0 Å². The molecule has 4 heteroatoms. The maximum absolute atomic E-state index is 15.1. The summed E-state index contributed by atoms with van der Waals surface area (Å²) in [5.74, 6) is -0.429. The molecule has 0 radical (unpaired) electrons. The topological polar surface area (TPSA) is 0 Å². The van der Waals surface area contributed by atoms with Gasteiger partial charge in [-0.2, -0.15) is 0 Å². The van der Waals surface area contributed by atoms with Crippen molar-refractivity contribution >= 4 is 37.1 Å². The van der Waals surface area contributed by atoms with Crippen LogP contribution in [0.3, 0.4) is 0 Å². The molecular weight excluding hydrogens is 341 g/mol. The first kappa shape index (κ1) is 15.4. The first-order chi connectivity index (χ1) is 12.1. The molecule has 1 heterocycles. The number of allylic oxidation sites excluding steroid dienone is 2. The standard InChI is InChI=1S/C21H17F3S/c22-17-10-9-16-15-8-7-14(18(23)20(15)25-21(16)19(17)24)13-5-3-12(4-6-13)11-1-2-11/h5,7-12H,1-4,6H2. The first-order valence-corrected chi connectivity index (χ1v) is 9.63. The van der Waals surface area contributed by atoms with Crippen LogP contribution in [0.4, 0.5) is 13.2 Å². The van der Waals surface area contributed by atoms with Crippen molar-refractivity contribution in [2.45, 2.75) is 32.1 Å². The van der Waals surface area contributed by atoms with E-state index in [0.717, 1.165) is 54.1 Å². The van der Waals surface area contributed by atoms with Crippen LogP contribution in [-0.2, 0) is 0 Å². The van der Waals surface area contributed by atoms with Gasteiger partial charge in [-0.3, -0.25) is 0 Å². The smallest absolute Gasteiger partial charge is 0.176 e. The van der Waals surface area contributed by atoms with Crippen molar-refractivity contribution in [3.63, 3.8) is 0 Å². The van der Waals surface area contributed by atoms with Gasteiger partial charge in [0.25, 0.3) is 0 Å². The zero-order valence-electron chi connectivity index (χ0n) is 13.6. The Kier molecular flexibility index (Phi) is 3.46. The molecule has 1 saturated carbocycles. The SMILES string of the molecule is Fc1ccc2c(sc3c(F)c(C4=CCC(C5CC5)CC4)ccc32)c1F. The van der Waals surface area contributed by atoms with Crippen LogP contribution in [0.15, 0.2) is 30.3 Å². The Balaban J connectivity index is 1.62. The Bertz CT molecular complexity index is 1030. The van der Waals surface area contributed by atoms with Gasteiger partial charge >= 0.3 is 0 Å². The molecule has 25 heavy (non-hydrogen) atoms. The molecule has 1 unspecified atom stereocenters. The Morgan fingerprint density at radius 1 is 0.800 bits per heavy atom. The van der Waals surface area contributed by atoms with Gasteiger partial charge in [-0.1, -0.05) is 18.2 Å². The fourth-order valence-electron chi connectivity index (χ4n) is 4.16. The molecule has 2 aromatic carbocycles. The van der Waals surface area contributed by atoms with Gasteiger partial charge in [-0.25, -0.2) is 13.2 Å². The molecule has 1 atom stereocenters. The number of halogens is 3. The largest absolute Gasteiger partial charge is 0.205 e. The number of rotatable bonds is 2. The van der Waals surface area contributed by atoms with Crippen molar-refractivity contribution in [1.29, 1.82) is 0 Å². The lowest BCUT2D eigenvalue weighted by atomic mass is 9.84. The quantitative estimate of drug-likeness (QED) is 0.460. The lowest BCUT2D eigenvalue weighted by Crippen LogP contribution is -2.07. The van der Waals surface area contributed by atoms with E-state index in [9.17, 15) is 8.78 Å². The van der Waals surface area contributed by atoms with Gasteiger partial charge in [-0.05, 0) is 61.6 Å². The van der Waals surface area contributed by atoms with E-state index in [1.54, 1.807) is 6.07 Å². The van der Waals surface area contributed by atoms with Crippen molar-refractivity contribution in [2.24, 2.45) is 11.8 Å². The van der Waals surface area contributed by atoms with Crippen molar-refractivity contribution < 1.29 is 13.2 Å². The molecule has 128 valence electrons. The highest BCUT2D eigenvalue weighted by Gasteiger charge is 2.32. The summed E-state index contributed by atoms with van der Waals surface area (Å²) < 4.78 is 43.3. The minimum Gasteiger partial charge on any atom is -0.205 e. The summed E-state index contributed by atoms with van der Waals surface area (Å²) in [6.07, 6.45) is 7.93. The molecule has 0 N–H and O–H groups in total. The summed E-state index contributed by atoms with van der Waals surface area (Å²) in [4.78, 5) is 0. The second-order valence-electron chi connectivity index (χ2n) is 7.25. The average Bonchev–Trinajstić information content (AvgIpc) is 3.40. The van der Waals surface area contributed by atoms with Crippen LogP contribution in [0, 0.1) is 29.3 Å². The molecule has 5 rings (SSSR count). The summed E-state index contributed by atoms with van der Waals surface area (Å²) in [5, 5.41) is 1.24. The van der Waals surface area contributed by atoms with Gasteiger partial charge in [0.05, 0.1) is 9.40 Å². The van der Waals surface area contributed by atoms with Crippen LogP contribution < -0.4 is 0 Å². The van der Waals surface area contributed by atoms with Crippen LogP contribution in [-0.4, -0.2) is 0 Å². The Morgan fingerprint density at radius 2 is 1.52 bits per heavy atom. The van der Waals surface area contributed by atoms with Crippen molar-refractivity contribution in [2.75, 3.05) is 0 Å². The normalized spacial score (nSPS) is 21.1. The summed E-state index contributed by atoms with van der Waals surface area (Å²) in [5.41, 5.74) is 1.68. The van der Waals surface area contributed by atoms with Crippen LogP contribution in [0.1, 0.15) is 37.7 Å². The summed E-state index contributed by atoms with van der Waals surface area (Å²) in [7, 11) is 0. The Morgan fingerprint density at radius 3 is 2.20 bits per heavy atom. The van der Waals surface area contributed by atoms with E-state index < -0.39 is 11.6 Å². The molecule has 0 saturated heterocycles. The maximum atomic E-state index is 15.1.